The lowest BCUT2D eigenvalue weighted by molar-refractivity contribution is 0.509. The van der Waals surface area contributed by atoms with Gasteiger partial charge in [0.2, 0.25) is 0 Å². The van der Waals surface area contributed by atoms with E-state index in [-0.39, 0.29) is 9.90 Å². The molecule has 0 atom stereocenters. The van der Waals surface area contributed by atoms with Crippen molar-refractivity contribution in [2.45, 2.75) is 17.6 Å². The van der Waals surface area contributed by atoms with Crippen molar-refractivity contribution in [3.63, 3.8) is 0 Å². The van der Waals surface area contributed by atoms with E-state index in [1.54, 1.807) is 6.07 Å². The molecule has 0 aliphatic carbocycles. The van der Waals surface area contributed by atoms with Gasteiger partial charge in [-0.05, 0) is 30.7 Å². The minimum atomic E-state index is -3.75. The third kappa shape index (κ3) is 3.10. The topological polar surface area (TPSA) is 46.2 Å². The lowest BCUT2D eigenvalue weighted by atomic mass is 10.3. The van der Waals surface area contributed by atoms with Crippen LogP contribution in [0.2, 0.25) is 0 Å². The summed E-state index contributed by atoms with van der Waals surface area (Å²) in [7, 11) is -3.75. The molecule has 102 valence electrons. The summed E-state index contributed by atoms with van der Waals surface area (Å²) < 4.78 is 52.1. The van der Waals surface area contributed by atoms with E-state index in [4.69, 9.17) is 0 Å². The quantitative estimate of drug-likeness (QED) is 0.941. The average Bonchev–Trinajstić information content (AvgIpc) is 2.83. The molecule has 7 heteroatoms. The molecule has 3 nitrogen and oxygen atoms in total. The van der Waals surface area contributed by atoms with Crippen molar-refractivity contribution in [2.24, 2.45) is 0 Å². The van der Waals surface area contributed by atoms with E-state index in [2.05, 4.69) is 4.72 Å². The first-order valence-electron chi connectivity index (χ1n) is 5.49. The third-order valence-corrected chi connectivity index (χ3v) is 5.52. The molecule has 0 saturated carbocycles. The zero-order valence-corrected chi connectivity index (χ0v) is 11.6. The second-order valence-electron chi connectivity index (χ2n) is 3.81. The van der Waals surface area contributed by atoms with E-state index in [1.165, 1.54) is 12.1 Å². The summed E-state index contributed by atoms with van der Waals surface area (Å²) in [5.74, 6) is -2.12. The molecule has 0 saturated heterocycles. The maximum atomic E-state index is 13.0. The Morgan fingerprint density at radius 2 is 1.89 bits per heavy atom. The van der Waals surface area contributed by atoms with E-state index in [1.807, 2.05) is 6.92 Å². The summed E-state index contributed by atoms with van der Waals surface area (Å²) in [6.07, 6.45) is 0.741. The Morgan fingerprint density at radius 3 is 2.47 bits per heavy atom. The first-order valence-corrected chi connectivity index (χ1v) is 7.79. The molecule has 0 aliphatic rings. The van der Waals surface area contributed by atoms with E-state index in [0.29, 0.717) is 0 Å². The summed E-state index contributed by atoms with van der Waals surface area (Å²) in [5.41, 5.74) is -0.00894. The summed E-state index contributed by atoms with van der Waals surface area (Å²) in [5, 5.41) is 0. The highest BCUT2D eigenvalue weighted by molar-refractivity contribution is 7.94. The van der Waals surface area contributed by atoms with E-state index in [9.17, 15) is 17.2 Å². The second kappa shape index (κ2) is 5.26. The molecule has 0 spiro atoms. The number of hydrogen-bond donors (Lipinski definition) is 1. The van der Waals surface area contributed by atoms with Gasteiger partial charge in [0.1, 0.15) is 4.21 Å². The predicted molar refractivity (Wildman–Crippen MR) is 70.9 cm³/mol. The van der Waals surface area contributed by atoms with Gasteiger partial charge in [-0.25, -0.2) is 17.2 Å². The number of hydrogen-bond acceptors (Lipinski definition) is 3. The molecule has 0 radical (unpaired) electrons. The summed E-state index contributed by atoms with van der Waals surface area (Å²) >= 11 is 1.15. The molecule has 1 aromatic carbocycles. The van der Waals surface area contributed by atoms with Gasteiger partial charge in [0.15, 0.2) is 11.6 Å². The summed E-state index contributed by atoms with van der Waals surface area (Å²) in [6, 6.07) is 6.07. The van der Waals surface area contributed by atoms with Gasteiger partial charge in [0, 0.05) is 10.9 Å². The van der Waals surface area contributed by atoms with Crippen molar-refractivity contribution >= 4 is 27.0 Å². The SMILES string of the molecule is CCc1ccc(S(=O)(=O)Nc2ccc(F)c(F)c2)s1. The molecular weight excluding hydrogens is 292 g/mol. The van der Waals surface area contributed by atoms with Crippen molar-refractivity contribution in [3.05, 3.63) is 46.8 Å². The number of aryl methyl sites for hydroxylation is 1. The van der Waals surface area contributed by atoms with Crippen LogP contribution in [0.4, 0.5) is 14.5 Å². The minimum absolute atomic E-state index is 0.00894. The minimum Gasteiger partial charge on any atom is -0.279 e. The highest BCUT2D eigenvalue weighted by Crippen LogP contribution is 2.24. The summed E-state index contributed by atoms with van der Waals surface area (Å²) in [4.78, 5) is 0.936. The molecule has 0 amide bonds. The lowest BCUT2D eigenvalue weighted by Gasteiger charge is -2.06. The fourth-order valence-corrected chi connectivity index (χ4v) is 3.80. The maximum absolute atomic E-state index is 13.0. The Hall–Kier alpha value is -1.47. The van der Waals surface area contributed by atoms with Gasteiger partial charge < -0.3 is 0 Å². The molecule has 0 fully saturated rings. The Kier molecular flexibility index (Phi) is 3.86. The van der Waals surface area contributed by atoms with Gasteiger partial charge in [-0.15, -0.1) is 11.3 Å². The molecule has 2 rings (SSSR count). The van der Waals surface area contributed by atoms with Crippen LogP contribution in [0.1, 0.15) is 11.8 Å². The maximum Gasteiger partial charge on any atom is 0.271 e. The fourth-order valence-electron chi connectivity index (χ4n) is 1.46. The number of rotatable bonds is 4. The molecule has 0 unspecified atom stereocenters. The van der Waals surface area contributed by atoms with E-state index < -0.39 is 21.7 Å². The van der Waals surface area contributed by atoms with Crippen LogP contribution in [0.25, 0.3) is 0 Å². The number of nitrogens with one attached hydrogen (secondary N) is 1. The smallest absolute Gasteiger partial charge is 0.271 e. The third-order valence-electron chi connectivity index (χ3n) is 2.42. The van der Waals surface area contributed by atoms with Gasteiger partial charge >= 0.3 is 0 Å². The van der Waals surface area contributed by atoms with Crippen LogP contribution < -0.4 is 4.72 Å². The number of benzene rings is 1. The van der Waals surface area contributed by atoms with Gasteiger partial charge in [0.25, 0.3) is 10.0 Å². The van der Waals surface area contributed by atoms with Crippen molar-refractivity contribution in [2.75, 3.05) is 4.72 Å². The number of thiophene rings is 1. The van der Waals surface area contributed by atoms with Crippen LogP contribution in [0.5, 0.6) is 0 Å². The Balaban J connectivity index is 2.28. The molecule has 1 N–H and O–H groups in total. The van der Waals surface area contributed by atoms with E-state index >= 15 is 0 Å². The van der Waals surface area contributed by atoms with Crippen molar-refractivity contribution in [1.82, 2.24) is 0 Å². The number of anilines is 1. The molecule has 0 aliphatic heterocycles. The molecule has 0 bridgehead atoms. The lowest BCUT2D eigenvalue weighted by Crippen LogP contribution is -2.11. The Morgan fingerprint density at radius 1 is 1.16 bits per heavy atom. The molecule has 1 aromatic heterocycles. The van der Waals surface area contributed by atoms with Crippen molar-refractivity contribution in [1.29, 1.82) is 0 Å². The highest BCUT2D eigenvalue weighted by atomic mass is 32.2. The zero-order valence-electron chi connectivity index (χ0n) is 9.98. The standard InChI is InChI=1S/C12H11F2NO2S2/c1-2-9-4-6-12(18-9)19(16,17)15-8-3-5-10(13)11(14)7-8/h3-7,15H,2H2,1H3. The Labute approximate surface area is 114 Å². The first-order chi connectivity index (χ1) is 8.92. The normalized spacial score (nSPS) is 11.5. The van der Waals surface area contributed by atoms with Gasteiger partial charge in [-0.2, -0.15) is 0 Å². The number of halogens is 2. The van der Waals surface area contributed by atoms with Crippen LogP contribution >= 0.6 is 11.3 Å². The van der Waals surface area contributed by atoms with Crippen LogP contribution in [-0.4, -0.2) is 8.42 Å². The molecule has 19 heavy (non-hydrogen) atoms. The average molecular weight is 303 g/mol. The van der Waals surface area contributed by atoms with Crippen LogP contribution in [-0.2, 0) is 16.4 Å². The second-order valence-corrected chi connectivity index (χ2v) is 6.89. The molecule has 1 heterocycles. The monoisotopic (exact) mass is 303 g/mol. The zero-order chi connectivity index (χ0) is 14.0. The largest absolute Gasteiger partial charge is 0.279 e. The first kappa shape index (κ1) is 14.0. The van der Waals surface area contributed by atoms with Crippen LogP contribution in [0.15, 0.2) is 34.5 Å². The van der Waals surface area contributed by atoms with Crippen LogP contribution in [0.3, 0.4) is 0 Å². The van der Waals surface area contributed by atoms with Crippen molar-refractivity contribution in [3.8, 4) is 0 Å². The predicted octanol–water partition coefficient (Wildman–Crippen LogP) is 3.39. The molecule has 2 aromatic rings. The summed E-state index contributed by atoms with van der Waals surface area (Å²) in [6.45, 7) is 1.92. The number of sulfonamides is 1. The van der Waals surface area contributed by atoms with Crippen LogP contribution in [0, 0.1) is 11.6 Å². The van der Waals surface area contributed by atoms with Gasteiger partial charge in [-0.1, -0.05) is 6.92 Å². The highest BCUT2D eigenvalue weighted by Gasteiger charge is 2.17. The van der Waals surface area contributed by atoms with Gasteiger partial charge in [-0.3, -0.25) is 4.72 Å². The van der Waals surface area contributed by atoms with Crippen molar-refractivity contribution < 1.29 is 17.2 Å². The Bertz CT molecular complexity index is 696. The van der Waals surface area contributed by atoms with E-state index in [0.717, 1.165) is 34.8 Å². The van der Waals surface area contributed by atoms with Gasteiger partial charge in [0.05, 0.1) is 5.69 Å². The molecular formula is C12H11F2NO2S2. The fraction of sp³-hybridized carbons (Fsp3) is 0.167.